The second-order valence-electron chi connectivity index (χ2n) is 16.5. The molecule has 2 heterocycles. The van der Waals surface area contributed by atoms with Crippen LogP contribution in [0.25, 0.3) is 0 Å². The Labute approximate surface area is 315 Å². The van der Waals surface area contributed by atoms with Crippen LogP contribution in [0.5, 0.6) is 0 Å². The minimum Gasteiger partial charge on any atom is -0.346 e. The van der Waals surface area contributed by atoms with Crippen LogP contribution in [-0.4, -0.2) is 83.9 Å². The van der Waals surface area contributed by atoms with Gasteiger partial charge in [0.15, 0.2) is 11.6 Å². The molecule has 2 aliphatic heterocycles. The number of unbranched alkanes of at least 4 members (excludes halogenated alkanes) is 1. The molecule has 3 fully saturated rings. The van der Waals surface area contributed by atoms with Crippen molar-refractivity contribution in [1.82, 2.24) is 15.1 Å². The summed E-state index contributed by atoms with van der Waals surface area (Å²) in [5.41, 5.74) is 14.1. The second kappa shape index (κ2) is 18.9. The van der Waals surface area contributed by atoms with Gasteiger partial charge in [0.2, 0.25) is 17.7 Å². The van der Waals surface area contributed by atoms with Crippen LogP contribution in [-0.2, 0) is 36.8 Å². The van der Waals surface area contributed by atoms with Gasteiger partial charge in [-0.15, -0.1) is 0 Å². The zero-order chi connectivity index (χ0) is 38.0. The van der Waals surface area contributed by atoms with Gasteiger partial charge in [-0.3, -0.25) is 24.0 Å². The van der Waals surface area contributed by atoms with E-state index in [1.807, 2.05) is 84.3 Å². The number of hydrogen-bond acceptors (Lipinski definition) is 7. The topological polar surface area (TPSA) is 156 Å². The van der Waals surface area contributed by atoms with Crippen LogP contribution in [0.4, 0.5) is 0 Å². The molecule has 3 aliphatic rings. The molecule has 0 radical (unpaired) electrons. The Hall–Kier alpha value is -3.89. The summed E-state index contributed by atoms with van der Waals surface area (Å²) < 4.78 is 0. The molecule has 53 heavy (non-hydrogen) atoms. The Bertz CT molecular complexity index is 1530. The summed E-state index contributed by atoms with van der Waals surface area (Å²) in [6.45, 7) is 7.35. The van der Waals surface area contributed by atoms with E-state index in [9.17, 15) is 24.0 Å². The first-order chi connectivity index (χ1) is 25.5. The van der Waals surface area contributed by atoms with E-state index < -0.39 is 23.9 Å². The predicted molar refractivity (Wildman–Crippen MR) is 206 cm³/mol. The van der Waals surface area contributed by atoms with E-state index in [2.05, 4.69) is 5.32 Å². The summed E-state index contributed by atoms with van der Waals surface area (Å²) >= 11 is 0. The lowest BCUT2D eigenvalue weighted by atomic mass is 9.71. The minimum atomic E-state index is -0.783. The van der Waals surface area contributed by atoms with E-state index >= 15 is 0 Å². The molecule has 0 unspecified atom stereocenters. The lowest BCUT2D eigenvalue weighted by Gasteiger charge is -2.54. The van der Waals surface area contributed by atoms with E-state index in [0.29, 0.717) is 51.2 Å². The Morgan fingerprint density at radius 1 is 0.792 bits per heavy atom. The Kier molecular flexibility index (Phi) is 14.4. The van der Waals surface area contributed by atoms with Crippen LogP contribution in [0.2, 0.25) is 0 Å². The molecule has 2 saturated heterocycles. The number of piperidine rings is 1. The molecular weight excluding hydrogens is 667 g/mol. The quantitative estimate of drug-likeness (QED) is 0.170. The summed E-state index contributed by atoms with van der Waals surface area (Å²) in [5.74, 6) is -1.30. The number of benzene rings is 2. The number of hydrogen-bond donors (Lipinski definition) is 3. The van der Waals surface area contributed by atoms with Gasteiger partial charge in [0, 0.05) is 62.2 Å². The van der Waals surface area contributed by atoms with E-state index in [-0.39, 0.29) is 53.5 Å². The maximum atomic E-state index is 14.1. The summed E-state index contributed by atoms with van der Waals surface area (Å²) in [6.07, 6.45) is 7.02. The van der Waals surface area contributed by atoms with Crippen molar-refractivity contribution in [3.05, 3.63) is 71.8 Å². The number of Topliss-reactive ketones (excluding diaryl/α,β-unsaturated/α-hetero) is 2. The number of carbonyl (C=O) groups excluding carboxylic acids is 5. The van der Waals surface area contributed by atoms with Crippen LogP contribution in [0.1, 0.15) is 89.2 Å². The fraction of sp³-hybridized carbons (Fsp3) is 0.605. The smallest absolute Gasteiger partial charge is 0.226 e. The van der Waals surface area contributed by atoms with Crippen LogP contribution in [0.3, 0.4) is 0 Å². The van der Waals surface area contributed by atoms with Gasteiger partial charge in [0.05, 0.1) is 12.1 Å². The van der Waals surface area contributed by atoms with Gasteiger partial charge in [0.25, 0.3) is 0 Å². The highest BCUT2D eigenvalue weighted by Gasteiger charge is 2.49. The Morgan fingerprint density at radius 2 is 1.38 bits per heavy atom. The minimum absolute atomic E-state index is 0.00735. The number of ketones is 2. The third kappa shape index (κ3) is 11.5. The second-order valence-corrected chi connectivity index (χ2v) is 16.5. The monoisotopic (exact) mass is 727 g/mol. The summed E-state index contributed by atoms with van der Waals surface area (Å²) in [6, 6.07) is 17.6. The number of carbonyl (C=O) groups is 5. The molecule has 3 amide bonds. The zero-order valence-electron chi connectivity index (χ0n) is 31.8. The van der Waals surface area contributed by atoms with Crippen LogP contribution >= 0.6 is 0 Å². The van der Waals surface area contributed by atoms with Gasteiger partial charge in [-0.25, -0.2) is 0 Å². The summed E-state index contributed by atoms with van der Waals surface area (Å²) in [7, 11) is 0. The van der Waals surface area contributed by atoms with Crippen molar-refractivity contribution in [3.63, 3.8) is 0 Å². The Morgan fingerprint density at radius 3 is 1.94 bits per heavy atom. The fourth-order valence-electron chi connectivity index (χ4n) is 8.08. The normalized spacial score (nSPS) is 18.9. The van der Waals surface area contributed by atoms with Gasteiger partial charge in [-0.1, -0.05) is 80.9 Å². The van der Waals surface area contributed by atoms with Crippen molar-refractivity contribution in [3.8, 4) is 0 Å². The maximum Gasteiger partial charge on any atom is 0.226 e. The van der Waals surface area contributed by atoms with Gasteiger partial charge in [-0.2, -0.15) is 0 Å². The molecule has 10 heteroatoms. The number of amides is 3. The molecule has 2 aromatic carbocycles. The van der Waals surface area contributed by atoms with Crippen molar-refractivity contribution in [1.29, 1.82) is 0 Å². The van der Waals surface area contributed by atoms with Crippen molar-refractivity contribution < 1.29 is 24.0 Å². The molecule has 1 spiro atoms. The number of rotatable bonds is 20. The molecule has 5 N–H and O–H groups in total. The average molecular weight is 728 g/mol. The SMILES string of the molecule is CC(C)C[C@@H](NC(=O)[C@H](CC(=O)[C@H](N)Cc1ccccc1)Cc1ccccc1)C(=O)C[C@H](CCCCN)C(=O)N1CC2(CCN(C(=O)C3CC3)CC2)C1. The molecule has 5 rings (SSSR count). The molecule has 2 aromatic rings. The van der Waals surface area contributed by atoms with Crippen molar-refractivity contribution in [2.45, 2.75) is 103 Å². The van der Waals surface area contributed by atoms with Crippen molar-refractivity contribution >= 4 is 29.3 Å². The molecule has 1 aliphatic carbocycles. The van der Waals surface area contributed by atoms with Crippen molar-refractivity contribution in [2.24, 2.45) is 40.6 Å². The molecule has 10 nitrogen and oxygen atoms in total. The third-order valence-electron chi connectivity index (χ3n) is 11.5. The van der Waals surface area contributed by atoms with Gasteiger partial charge >= 0.3 is 0 Å². The molecule has 288 valence electrons. The van der Waals surface area contributed by atoms with Crippen LogP contribution in [0.15, 0.2) is 60.7 Å². The lowest BCUT2D eigenvalue weighted by Crippen LogP contribution is -2.63. The fourth-order valence-corrected chi connectivity index (χ4v) is 8.08. The number of nitrogens with one attached hydrogen (secondary N) is 1. The Balaban J connectivity index is 1.23. The molecule has 0 aromatic heterocycles. The number of nitrogens with zero attached hydrogens (tertiary/aromatic N) is 2. The van der Waals surface area contributed by atoms with Gasteiger partial charge < -0.3 is 26.6 Å². The molecule has 1 saturated carbocycles. The van der Waals surface area contributed by atoms with E-state index in [1.165, 1.54) is 0 Å². The predicted octanol–water partition coefficient (Wildman–Crippen LogP) is 4.47. The van der Waals surface area contributed by atoms with E-state index in [0.717, 1.165) is 62.7 Å². The first-order valence-corrected chi connectivity index (χ1v) is 19.9. The largest absolute Gasteiger partial charge is 0.346 e. The lowest BCUT2D eigenvalue weighted by molar-refractivity contribution is -0.155. The highest BCUT2D eigenvalue weighted by atomic mass is 16.2. The van der Waals surface area contributed by atoms with Gasteiger partial charge in [-0.05, 0) is 81.4 Å². The van der Waals surface area contributed by atoms with E-state index in [1.54, 1.807) is 0 Å². The zero-order valence-corrected chi connectivity index (χ0v) is 31.8. The van der Waals surface area contributed by atoms with Crippen LogP contribution < -0.4 is 16.8 Å². The van der Waals surface area contributed by atoms with Gasteiger partial charge in [0.1, 0.15) is 0 Å². The third-order valence-corrected chi connectivity index (χ3v) is 11.5. The highest BCUT2D eigenvalue weighted by Crippen LogP contribution is 2.43. The summed E-state index contributed by atoms with van der Waals surface area (Å²) in [5, 5.41) is 3.04. The van der Waals surface area contributed by atoms with Crippen LogP contribution in [0, 0.1) is 29.1 Å². The maximum absolute atomic E-state index is 14.1. The molecule has 0 bridgehead atoms. The summed E-state index contributed by atoms with van der Waals surface area (Å²) in [4.78, 5) is 72.1. The first-order valence-electron chi connectivity index (χ1n) is 19.9. The average Bonchev–Trinajstić information content (AvgIpc) is 3.99. The standard InChI is InChI=1S/C43H61N5O5/c1-30(2)23-37(46-40(51)35(24-31-11-5-3-6-12-31)27-38(49)36(45)25-32-13-7-4-8-14-32)39(50)26-34(15-9-10-20-44)42(53)48-28-43(29-48)18-21-47(22-19-43)41(52)33-16-17-33/h3-8,11-14,30,33-37H,9-10,15-29,44-45H2,1-2H3,(H,46,51)/t34-,35-,36+,37+/m0/s1. The molecule has 4 atom stereocenters. The van der Waals surface area contributed by atoms with Crippen molar-refractivity contribution in [2.75, 3.05) is 32.7 Å². The number of nitrogens with two attached hydrogens (primary N) is 2. The van der Waals surface area contributed by atoms with E-state index in [4.69, 9.17) is 11.5 Å². The molecular formula is C43H61N5O5. The highest BCUT2D eigenvalue weighted by molar-refractivity contribution is 5.95. The number of likely N-dealkylation sites (tertiary alicyclic amines) is 2. The first kappa shape index (κ1) is 40.3.